The van der Waals surface area contributed by atoms with E-state index in [2.05, 4.69) is 4.99 Å². The van der Waals surface area contributed by atoms with Gasteiger partial charge in [0, 0.05) is 11.3 Å². The molecule has 0 atom stereocenters. The van der Waals surface area contributed by atoms with Gasteiger partial charge in [-0.2, -0.15) is 0 Å². The molecule has 1 N–H and O–H groups in total. The van der Waals surface area contributed by atoms with Crippen molar-refractivity contribution in [2.75, 3.05) is 6.61 Å². The van der Waals surface area contributed by atoms with Crippen molar-refractivity contribution < 1.29 is 9.84 Å². The molecular formula is C16H17NO2. The highest BCUT2D eigenvalue weighted by atomic mass is 16.5. The third kappa shape index (κ3) is 3.35. The van der Waals surface area contributed by atoms with Crippen LogP contribution in [-0.2, 0) is 0 Å². The molecule has 0 aromatic heterocycles. The van der Waals surface area contributed by atoms with E-state index in [-0.39, 0.29) is 5.75 Å². The first-order valence-electron chi connectivity index (χ1n) is 6.27. The van der Waals surface area contributed by atoms with Crippen molar-refractivity contribution in [1.82, 2.24) is 0 Å². The Balaban J connectivity index is 2.23. The highest BCUT2D eigenvalue weighted by molar-refractivity contribution is 6.02. The molecule has 0 aliphatic rings. The number of benzene rings is 2. The van der Waals surface area contributed by atoms with Gasteiger partial charge in [0.15, 0.2) is 0 Å². The Hall–Kier alpha value is -2.29. The first-order chi connectivity index (χ1) is 9.20. The third-order valence-electron chi connectivity index (χ3n) is 2.74. The maximum atomic E-state index is 9.77. The van der Waals surface area contributed by atoms with Gasteiger partial charge in [-0.3, -0.25) is 4.99 Å². The molecule has 2 aromatic carbocycles. The number of nitrogens with zero attached hydrogens (tertiary/aromatic N) is 1. The summed E-state index contributed by atoms with van der Waals surface area (Å²) in [6.45, 7) is 4.49. The zero-order chi connectivity index (χ0) is 13.7. The Kier molecular flexibility index (Phi) is 4.18. The summed E-state index contributed by atoms with van der Waals surface area (Å²) in [5.74, 6) is 1.08. The fraction of sp³-hybridized carbons (Fsp3) is 0.188. The number of hydrogen-bond donors (Lipinski definition) is 1. The van der Waals surface area contributed by atoms with Crippen LogP contribution in [0, 0.1) is 0 Å². The number of ether oxygens (including phenoxy) is 1. The van der Waals surface area contributed by atoms with Crippen molar-refractivity contribution in [2.24, 2.45) is 4.99 Å². The maximum Gasteiger partial charge on any atom is 0.124 e. The van der Waals surface area contributed by atoms with Crippen LogP contribution in [0.3, 0.4) is 0 Å². The lowest BCUT2D eigenvalue weighted by Crippen LogP contribution is -1.94. The topological polar surface area (TPSA) is 41.8 Å². The summed E-state index contributed by atoms with van der Waals surface area (Å²) in [5, 5.41) is 9.77. The van der Waals surface area contributed by atoms with Gasteiger partial charge in [-0.1, -0.05) is 12.1 Å². The predicted molar refractivity (Wildman–Crippen MR) is 77.6 cm³/mol. The monoisotopic (exact) mass is 255 g/mol. The molecule has 0 saturated heterocycles. The van der Waals surface area contributed by atoms with Gasteiger partial charge in [0.2, 0.25) is 0 Å². The normalized spacial score (nSPS) is 11.4. The molecule has 19 heavy (non-hydrogen) atoms. The van der Waals surface area contributed by atoms with E-state index in [0.29, 0.717) is 6.61 Å². The van der Waals surface area contributed by atoms with E-state index in [0.717, 1.165) is 22.7 Å². The second-order valence-corrected chi connectivity index (χ2v) is 4.14. The highest BCUT2D eigenvalue weighted by Crippen LogP contribution is 2.22. The van der Waals surface area contributed by atoms with Gasteiger partial charge in [-0.25, -0.2) is 0 Å². The molecule has 0 saturated carbocycles. The van der Waals surface area contributed by atoms with Crippen LogP contribution in [0.5, 0.6) is 11.5 Å². The Morgan fingerprint density at radius 2 is 1.79 bits per heavy atom. The summed E-state index contributed by atoms with van der Waals surface area (Å²) < 4.78 is 5.38. The van der Waals surface area contributed by atoms with Crippen LogP contribution in [0.1, 0.15) is 19.4 Å². The molecule has 0 spiro atoms. The van der Waals surface area contributed by atoms with Gasteiger partial charge in [-0.05, 0) is 50.2 Å². The molecule has 0 fully saturated rings. The second kappa shape index (κ2) is 6.05. The molecule has 2 rings (SSSR count). The van der Waals surface area contributed by atoms with Crippen molar-refractivity contribution in [3.05, 3.63) is 54.1 Å². The highest BCUT2D eigenvalue weighted by Gasteiger charge is 2.03. The quantitative estimate of drug-likeness (QED) is 0.841. The first-order valence-corrected chi connectivity index (χ1v) is 6.27. The van der Waals surface area contributed by atoms with Crippen LogP contribution in [0.2, 0.25) is 0 Å². The van der Waals surface area contributed by atoms with Crippen LogP contribution < -0.4 is 4.74 Å². The Bertz CT molecular complexity index is 574. The Labute approximate surface area is 113 Å². The molecule has 3 heteroatoms. The van der Waals surface area contributed by atoms with Gasteiger partial charge in [0.05, 0.1) is 12.3 Å². The SMILES string of the molecule is CCOc1ccc(N=C(C)c2ccccc2O)cc1. The minimum atomic E-state index is 0.245. The molecule has 0 heterocycles. The lowest BCUT2D eigenvalue weighted by atomic mass is 10.1. The van der Waals surface area contributed by atoms with E-state index in [1.165, 1.54) is 0 Å². The number of aromatic hydroxyl groups is 1. The van der Waals surface area contributed by atoms with Gasteiger partial charge in [-0.15, -0.1) is 0 Å². The van der Waals surface area contributed by atoms with Crippen LogP contribution in [0.15, 0.2) is 53.5 Å². The van der Waals surface area contributed by atoms with Crippen molar-refractivity contribution in [2.45, 2.75) is 13.8 Å². The van der Waals surface area contributed by atoms with Gasteiger partial charge in [0.1, 0.15) is 11.5 Å². The van der Waals surface area contributed by atoms with E-state index in [1.807, 2.05) is 50.2 Å². The van der Waals surface area contributed by atoms with E-state index in [9.17, 15) is 5.11 Å². The summed E-state index contributed by atoms with van der Waals surface area (Å²) >= 11 is 0. The molecular weight excluding hydrogens is 238 g/mol. The van der Waals surface area contributed by atoms with E-state index in [4.69, 9.17) is 4.74 Å². The minimum absolute atomic E-state index is 0.245. The summed E-state index contributed by atoms with van der Waals surface area (Å²) in [6, 6.07) is 14.8. The first kappa shape index (κ1) is 13.1. The zero-order valence-corrected chi connectivity index (χ0v) is 11.1. The number of rotatable bonds is 4. The lowest BCUT2D eigenvalue weighted by Gasteiger charge is -2.05. The van der Waals surface area contributed by atoms with Crippen LogP contribution in [-0.4, -0.2) is 17.4 Å². The van der Waals surface area contributed by atoms with Crippen molar-refractivity contribution >= 4 is 11.4 Å². The summed E-state index contributed by atoms with van der Waals surface area (Å²) in [5.41, 5.74) is 2.36. The van der Waals surface area contributed by atoms with Gasteiger partial charge < -0.3 is 9.84 Å². The van der Waals surface area contributed by atoms with E-state index >= 15 is 0 Å². The number of phenols is 1. The molecule has 0 aliphatic carbocycles. The summed E-state index contributed by atoms with van der Waals surface area (Å²) in [7, 11) is 0. The fourth-order valence-corrected chi connectivity index (χ4v) is 1.82. The molecule has 0 unspecified atom stereocenters. The average Bonchev–Trinajstić information content (AvgIpc) is 2.42. The zero-order valence-electron chi connectivity index (χ0n) is 11.1. The molecule has 0 radical (unpaired) electrons. The Morgan fingerprint density at radius 3 is 2.42 bits per heavy atom. The predicted octanol–water partition coefficient (Wildman–Crippen LogP) is 3.93. The van der Waals surface area contributed by atoms with Gasteiger partial charge in [0.25, 0.3) is 0 Å². The lowest BCUT2D eigenvalue weighted by molar-refractivity contribution is 0.340. The van der Waals surface area contributed by atoms with Gasteiger partial charge >= 0.3 is 0 Å². The molecule has 0 amide bonds. The van der Waals surface area contributed by atoms with Crippen LogP contribution >= 0.6 is 0 Å². The number of phenolic OH excluding ortho intramolecular Hbond substituents is 1. The number of aliphatic imine (C=N–C) groups is 1. The van der Waals surface area contributed by atoms with Crippen LogP contribution in [0.4, 0.5) is 5.69 Å². The molecule has 98 valence electrons. The fourth-order valence-electron chi connectivity index (χ4n) is 1.82. The smallest absolute Gasteiger partial charge is 0.124 e. The maximum absolute atomic E-state index is 9.77. The third-order valence-corrected chi connectivity index (χ3v) is 2.74. The largest absolute Gasteiger partial charge is 0.507 e. The van der Waals surface area contributed by atoms with Crippen molar-refractivity contribution in [1.29, 1.82) is 0 Å². The summed E-state index contributed by atoms with van der Waals surface area (Å²) in [4.78, 5) is 4.49. The second-order valence-electron chi connectivity index (χ2n) is 4.14. The number of para-hydroxylation sites is 1. The van der Waals surface area contributed by atoms with E-state index in [1.54, 1.807) is 12.1 Å². The summed E-state index contributed by atoms with van der Waals surface area (Å²) in [6.07, 6.45) is 0. The number of hydrogen-bond acceptors (Lipinski definition) is 3. The molecule has 3 nitrogen and oxygen atoms in total. The minimum Gasteiger partial charge on any atom is -0.507 e. The van der Waals surface area contributed by atoms with Crippen molar-refractivity contribution in [3.8, 4) is 11.5 Å². The molecule has 0 bridgehead atoms. The average molecular weight is 255 g/mol. The molecule has 2 aromatic rings. The van der Waals surface area contributed by atoms with Crippen molar-refractivity contribution in [3.63, 3.8) is 0 Å². The Morgan fingerprint density at radius 1 is 1.11 bits per heavy atom. The standard InChI is InChI=1S/C16H17NO2/c1-3-19-14-10-8-13(9-11-14)17-12(2)15-6-4-5-7-16(15)18/h4-11,18H,3H2,1-2H3. The van der Waals surface area contributed by atoms with E-state index < -0.39 is 0 Å². The van der Waals surface area contributed by atoms with Crippen LogP contribution in [0.25, 0.3) is 0 Å². The molecule has 0 aliphatic heterocycles.